The topological polar surface area (TPSA) is 60.0 Å². The van der Waals surface area contributed by atoms with Crippen LogP contribution in [0.2, 0.25) is 0 Å². The smallest absolute Gasteiger partial charge is 0.256 e. The molecule has 1 N–H and O–H groups in total. The summed E-state index contributed by atoms with van der Waals surface area (Å²) in [6.07, 6.45) is 5.71. The van der Waals surface area contributed by atoms with Gasteiger partial charge >= 0.3 is 0 Å². The van der Waals surface area contributed by atoms with Gasteiger partial charge in [0.25, 0.3) is 5.91 Å². The van der Waals surface area contributed by atoms with Crippen molar-refractivity contribution in [3.05, 3.63) is 24.3 Å². The number of nitrogens with zero attached hydrogens (tertiary/aromatic N) is 1. The van der Waals surface area contributed by atoms with Crippen LogP contribution in [-0.4, -0.2) is 62.5 Å². The molecule has 0 spiro atoms. The Morgan fingerprint density at radius 2 is 2.00 bits per heavy atom. The maximum atomic E-state index is 13.1. The second kappa shape index (κ2) is 11.7. The molecule has 0 bridgehead atoms. The number of carbonyl (C=O) groups is 1. The molecule has 0 radical (unpaired) electrons. The van der Waals surface area contributed by atoms with Crippen molar-refractivity contribution in [1.82, 2.24) is 4.90 Å². The maximum Gasteiger partial charge on any atom is 0.256 e. The molecular weight excluding hydrogens is 380 g/mol. The van der Waals surface area contributed by atoms with E-state index in [1.54, 1.807) is 0 Å². The van der Waals surface area contributed by atoms with Crippen LogP contribution >= 0.6 is 0 Å². The molecule has 0 unspecified atom stereocenters. The summed E-state index contributed by atoms with van der Waals surface area (Å²) in [5, 5.41) is 3.08. The predicted molar refractivity (Wildman–Crippen MR) is 119 cm³/mol. The lowest BCUT2D eigenvalue weighted by atomic mass is 9.78. The van der Waals surface area contributed by atoms with Crippen molar-refractivity contribution in [2.75, 3.05) is 51.4 Å². The number of amides is 1. The molecule has 2 atom stereocenters. The number of ether oxygens (including phenoxy) is 3. The predicted octanol–water partition coefficient (Wildman–Crippen LogP) is 4.10. The van der Waals surface area contributed by atoms with Gasteiger partial charge in [-0.05, 0) is 62.3 Å². The molecule has 1 heterocycles. The fraction of sp³-hybridized carbons (Fsp3) is 0.708. The van der Waals surface area contributed by atoms with Crippen molar-refractivity contribution in [2.45, 2.75) is 58.0 Å². The molecule has 1 saturated heterocycles. The molecule has 6 heteroatoms. The Hall–Kier alpha value is -1.63. The van der Waals surface area contributed by atoms with Crippen LogP contribution in [0.4, 0.5) is 5.69 Å². The van der Waals surface area contributed by atoms with Gasteiger partial charge in [-0.15, -0.1) is 0 Å². The second-order valence-electron chi connectivity index (χ2n) is 8.68. The third-order valence-corrected chi connectivity index (χ3v) is 6.06. The van der Waals surface area contributed by atoms with Crippen molar-refractivity contribution in [1.29, 1.82) is 0 Å². The molecule has 168 valence electrons. The highest BCUT2D eigenvalue weighted by Gasteiger charge is 2.42. The number of nitrogens with one attached hydrogen (secondary N) is 1. The Labute approximate surface area is 181 Å². The highest BCUT2D eigenvalue weighted by Crippen LogP contribution is 2.36. The van der Waals surface area contributed by atoms with Crippen molar-refractivity contribution >= 4 is 11.6 Å². The molecule has 1 aromatic carbocycles. The molecule has 1 aliphatic heterocycles. The highest BCUT2D eigenvalue weighted by molar-refractivity contribution is 5.97. The normalized spacial score (nSPS) is 25.1. The van der Waals surface area contributed by atoms with Crippen LogP contribution in [0.1, 0.15) is 52.4 Å². The summed E-state index contributed by atoms with van der Waals surface area (Å²) < 4.78 is 17.4. The summed E-state index contributed by atoms with van der Waals surface area (Å²) >= 11 is 0. The van der Waals surface area contributed by atoms with E-state index >= 15 is 0 Å². The van der Waals surface area contributed by atoms with Crippen molar-refractivity contribution in [3.8, 4) is 5.75 Å². The van der Waals surface area contributed by atoms with Crippen LogP contribution in [-0.2, 0) is 14.3 Å². The van der Waals surface area contributed by atoms with Crippen molar-refractivity contribution in [2.24, 2.45) is 5.92 Å². The fourth-order valence-corrected chi connectivity index (χ4v) is 4.39. The first-order chi connectivity index (χ1) is 14.6. The summed E-state index contributed by atoms with van der Waals surface area (Å²) in [5.74, 6) is 1.33. The van der Waals surface area contributed by atoms with Gasteiger partial charge in [-0.2, -0.15) is 0 Å². The zero-order valence-electron chi connectivity index (χ0n) is 18.7. The molecule has 2 aliphatic rings. The van der Waals surface area contributed by atoms with E-state index in [0.717, 1.165) is 76.4 Å². The Bertz CT molecular complexity index is 645. The molecule has 0 aromatic heterocycles. The van der Waals surface area contributed by atoms with Crippen LogP contribution in [0.3, 0.4) is 0 Å². The van der Waals surface area contributed by atoms with Gasteiger partial charge in [0.1, 0.15) is 11.4 Å². The van der Waals surface area contributed by atoms with Crippen LogP contribution in [0.15, 0.2) is 24.3 Å². The number of rotatable bonds is 10. The van der Waals surface area contributed by atoms with Gasteiger partial charge in [-0.1, -0.05) is 20.3 Å². The van der Waals surface area contributed by atoms with E-state index in [9.17, 15) is 4.79 Å². The molecule has 3 rings (SSSR count). The maximum absolute atomic E-state index is 13.1. The third-order valence-electron chi connectivity index (χ3n) is 6.06. The average molecular weight is 419 g/mol. The van der Waals surface area contributed by atoms with Gasteiger partial charge < -0.3 is 19.5 Å². The van der Waals surface area contributed by atoms with E-state index in [1.165, 1.54) is 6.42 Å². The van der Waals surface area contributed by atoms with Gasteiger partial charge in [0, 0.05) is 31.9 Å². The molecule has 1 aliphatic carbocycles. The molecular formula is C24H38N2O4. The van der Waals surface area contributed by atoms with Crippen LogP contribution in [0.25, 0.3) is 0 Å². The van der Waals surface area contributed by atoms with Gasteiger partial charge in [0.2, 0.25) is 0 Å². The van der Waals surface area contributed by atoms with E-state index in [-0.39, 0.29) is 5.91 Å². The summed E-state index contributed by atoms with van der Waals surface area (Å²) in [4.78, 5) is 15.5. The number of hydrogen-bond donors (Lipinski definition) is 1. The minimum atomic E-state index is -0.692. The first kappa shape index (κ1) is 23.0. The zero-order valence-corrected chi connectivity index (χ0v) is 18.7. The number of morpholine rings is 1. The minimum Gasteiger partial charge on any atom is -0.494 e. The SMILES string of the molecule is CCCO[C@@]1(C(=O)Nc2ccc(OCCCN3CCOCC3)cc2)CCC[C@H](C)C1. The number of benzene rings is 1. The molecule has 1 amide bonds. The van der Waals surface area contributed by atoms with E-state index in [4.69, 9.17) is 14.2 Å². The molecule has 1 aromatic rings. The average Bonchev–Trinajstić information content (AvgIpc) is 2.77. The first-order valence-corrected chi connectivity index (χ1v) is 11.6. The van der Waals surface area contributed by atoms with Crippen LogP contribution < -0.4 is 10.1 Å². The Morgan fingerprint density at radius 3 is 2.70 bits per heavy atom. The van der Waals surface area contributed by atoms with E-state index in [2.05, 4.69) is 24.1 Å². The van der Waals surface area contributed by atoms with Gasteiger partial charge in [0.15, 0.2) is 0 Å². The van der Waals surface area contributed by atoms with E-state index < -0.39 is 5.60 Å². The Balaban J connectivity index is 1.46. The highest BCUT2D eigenvalue weighted by atomic mass is 16.5. The minimum absolute atomic E-state index is 0.0123. The second-order valence-corrected chi connectivity index (χ2v) is 8.68. The molecule has 2 fully saturated rings. The first-order valence-electron chi connectivity index (χ1n) is 11.6. The third kappa shape index (κ3) is 6.69. The number of hydrogen-bond acceptors (Lipinski definition) is 5. The molecule has 1 saturated carbocycles. The van der Waals surface area contributed by atoms with Gasteiger partial charge in [-0.25, -0.2) is 0 Å². The van der Waals surface area contributed by atoms with Crippen LogP contribution in [0, 0.1) is 5.92 Å². The molecule has 30 heavy (non-hydrogen) atoms. The standard InChI is InChI=1S/C24H38N2O4/c1-3-15-30-24(11-4-6-20(2)19-24)23(27)25-21-7-9-22(10-8-21)29-16-5-12-26-13-17-28-18-14-26/h7-10,20H,3-6,11-19H2,1-2H3,(H,25,27)/t20-,24-/m0/s1. The van der Waals surface area contributed by atoms with Gasteiger partial charge in [-0.3, -0.25) is 9.69 Å². The molecule has 6 nitrogen and oxygen atoms in total. The summed E-state index contributed by atoms with van der Waals surface area (Å²) in [6, 6.07) is 7.67. The fourth-order valence-electron chi connectivity index (χ4n) is 4.39. The zero-order chi connectivity index (χ0) is 21.2. The van der Waals surface area contributed by atoms with Crippen molar-refractivity contribution < 1.29 is 19.0 Å². The van der Waals surface area contributed by atoms with Crippen LogP contribution in [0.5, 0.6) is 5.75 Å². The summed E-state index contributed by atoms with van der Waals surface area (Å²) in [7, 11) is 0. The Morgan fingerprint density at radius 1 is 1.23 bits per heavy atom. The lowest BCUT2D eigenvalue weighted by Crippen LogP contribution is -2.48. The van der Waals surface area contributed by atoms with Crippen molar-refractivity contribution in [3.63, 3.8) is 0 Å². The summed E-state index contributed by atoms with van der Waals surface area (Å²) in [6.45, 7) is 10.3. The van der Waals surface area contributed by atoms with Gasteiger partial charge in [0.05, 0.1) is 19.8 Å². The number of anilines is 1. The van der Waals surface area contributed by atoms with E-state index in [1.807, 2.05) is 24.3 Å². The summed E-state index contributed by atoms with van der Waals surface area (Å²) in [5.41, 5.74) is 0.0980. The lowest BCUT2D eigenvalue weighted by molar-refractivity contribution is -0.148. The lowest BCUT2D eigenvalue weighted by Gasteiger charge is -2.38. The Kier molecular flexibility index (Phi) is 8.97. The quantitative estimate of drug-likeness (QED) is 0.580. The largest absolute Gasteiger partial charge is 0.494 e. The monoisotopic (exact) mass is 418 g/mol. The van der Waals surface area contributed by atoms with E-state index in [0.29, 0.717) is 19.1 Å². The number of carbonyl (C=O) groups excluding carboxylic acids is 1.